The van der Waals surface area contributed by atoms with E-state index in [9.17, 15) is 17.6 Å². The molecule has 1 aliphatic heterocycles. The molecule has 0 saturated carbocycles. The van der Waals surface area contributed by atoms with Gasteiger partial charge in [-0.15, -0.1) is 0 Å². The van der Waals surface area contributed by atoms with E-state index in [1.54, 1.807) is 12.1 Å². The van der Waals surface area contributed by atoms with Crippen molar-refractivity contribution in [3.8, 4) is 0 Å². The number of benzene rings is 2. The molecule has 1 saturated heterocycles. The number of amides is 1. The van der Waals surface area contributed by atoms with Gasteiger partial charge < -0.3 is 10.1 Å². The number of carbonyl (C=O) groups is 1. The molecule has 3 rings (SSSR count). The third-order valence-electron chi connectivity index (χ3n) is 4.40. The molecule has 2 aromatic rings. The molecule has 27 heavy (non-hydrogen) atoms. The fraction of sp³-hybridized carbons (Fsp3) is 0.316. The van der Waals surface area contributed by atoms with Crippen LogP contribution in [-0.2, 0) is 21.2 Å². The van der Waals surface area contributed by atoms with Gasteiger partial charge in [-0.25, -0.2) is 12.8 Å². The Morgan fingerprint density at radius 2 is 1.81 bits per heavy atom. The zero-order chi connectivity index (χ0) is 19.4. The number of rotatable bonds is 5. The topological polar surface area (TPSA) is 75.7 Å². The fourth-order valence-electron chi connectivity index (χ4n) is 2.80. The molecular formula is C19H21FN2O4S. The average Bonchev–Trinajstić information content (AvgIpc) is 2.70. The number of hydrogen-bond acceptors (Lipinski definition) is 4. The first-order valence-corrected chi connectivity index (χ1v) is 10.1. The lowest BCUT2D eigenvalue weighted by Crippen LogP contribution is -2.40. The molecule has 1 aliphatic rings. The molecule has 1 heterocycles. The highest BCUT2D eigenvalue weighted by Crippen LogP contribution is 2.24. The van der Waals surface area contributed by atoms with E-state index in [2.05, 4.69) is 5.32 Å². The summed E-state index contributed by atoms with van der Waals surface area (Å²) >= 11 is 0. The minimum Gasteiger partial charge on any atom is -0.379 e. The number of halogens is 1. The van der Waals surface area contributed by atoms with Gasteiger partial charge in [0.25, 0.3) is 5.91 Å². The molecule has 144 valence electrons. The number of anilines is 1. The van der Waals surface area contributed by atoms with Crippen LogP contribution in [0.4, 0.5) is 10.1 Å². The first-order valence-electron chi connectivity index (χ1n) is 8.69. The van der Waals surface area contributed by atoms with Gasteiger partial charge in [0.1, 0.15) is 10.7 Å². The monoisotopic (exact) mass is 392 g/mol. The molecule has 2 aromatic carbocycles. The molecule has 1 amide bonds. The van der Waals surface area contributed by atoms with E-state index >= 15 is 0 Å². The van der Waals surface area contributed by atoms with Gasteiger partial charge in [-0.05, 0) is 42.3 Å². The van der Waals surface area contributed by atoms with Crippen LogP contribution < -0.4 is 5.32 Å². The Hall–Kier alpha value is -2.29. The van der Waals surface area contributed by atoms with E-state index in [0.29, 0.717) is 5.56 Å². The smallest absolute Gasteiger partial charge is 0.255 e. The first-order chi connectivity index (χ1) is 12.9. The van der Waals surface area contributed by atoms with Crippen molar-refractivity contribution in [2.75, 3.05) is 31.6 Å². The molecule has 0 unspecified atom stereocenters. The van der Waals surface area contributed by atoms with Gasteiger partial charge >= 0.3 is 0 Å². The van der Waals surface area contributed by atoms with Gasteiger partial charge in [-0.1, -0.05) is 19.1 Å². The minimum absolute atomic E-state index is 0.169. The van der Waals surface area contributed by atoms with Gasteiger partial charge in [-0.2, -0.15) is 4.31 Å². The zero-order valence-corrected chi connectivity index (χ0v) is 15.8. The van der Waals surface area contributed by atoms with E-state index in [1.165, 1.54) is 10.4 Å². The molecule has 6 nitrogen and oxygen atoms in total. The number of hydrogen-bond donors (Lipinski definition) is 1. The summed E-state index contributed by atoms with van der Waals surface area (Å²) in [6.07, 6.45) is 0.864. The number of sulfonamides is 1. The summed E-state index contributed by atoms with van der Waals surface area (Å²) in [7, 11) is -4.00. The summed E-state index contributed by atoms with van der Waals surface area (Å²) in [4.78, 5) is 11.9. The van der Waals surface area contributed by atoms with Crippen molar-refractivity contribution in [1.82, 2.24) is 4.31 Å². The normalized spacial score (nSPS) is 15.5. The fourth-order valence-corrected chi connectivity index (χ4v) is 4.30. The first kappa shape index (κ1) is 19.5. The quantitative estimate of drug-likeness (QED) is 0.849. The average molecular weight is 392 g/mol. The van der Waals surface area contributed by atoms with E-state index in [4.69, 9.17) is 4.74 Å². The standard InChI is InChI=1S/C19H21FN2O4S/c1-2-14-3-5-15(6-4-14)19(23)21-16-7-8-17(20)18(13-16)27(24,25)22-9-11-26-12-10-22/h3-8,13H,2,9-12H2,1H3,(H,21,23). The lowest BCUT2D eigenvalue weighted by molar-refractivity contribution is 0.0729. The predicted molar refractivity (Wildman–Crippen MR) is 99.8 cm³/mol. The van der Waals surface area contributed by atoms with Crippen LogP contribution in [0.1, 0.15) is 22.8 Å². The Bertz CT molecular complexity index is 923. The summed E-state index contributed by atoms with van der Waals surface area (Å²) < 4.78 is 46.0. The number of ether oxygens (including phenoxy) is 1. The maximum absolute atomic E-state index is 14.2. The van der Waals surface area contributed by atoms with E-state index in [0.717, 1.165) is 24.1 Å². The van der Waals surface area contributed by atoms with Crippen LogP contribution >= 0.6 is 0 Å². The lowest BCUT2D eigenvalue weighted by Gasteiger charge is -2.26. The van der Waals surface area contributed by atoms with Crippen molar-refractivity contribution in [3.63, 3.8) is 0 Å². The van der Waals surface area contributed by atoms with Crippen molar-refractivity contribution < 1.29 is 22.3 Å². The largest absolute Gasteiger partial charge is 0.379 e. The Morgan fingerprint density at radius 1 is 1.15 bits per heavy atom. The van der Waals surface area contributed by atoms with Crippen LogP contribution in [0.15, 0.2) is 47.4 Å². The minimum atomic E-state index is -4.00. The molecule has 0 bridgehead atoms. The second-order valence-electron chi connectivity index (χ2n) is 6.17. The number of morpholine rings is 1. The van der Waals surface area contributed by atoms with Crippen LogP contribution in [0, 0.1) is 5.82 Å². The molecule has 0 atom stereocenters. The van der Waals surface area contributed by atoms with E-state index < -0.39 is 20.7 Å². The van der Waals surface area contributed by atoms with Crippen molar-refractivity contribution in [2.24, 2.45) is 0 Å². The Labute approximate surface area is 158 Å². The maximum atomic E-state index is 14.2. The lowest BCUT2D eigenvalue weighted by atomic mass is 10.1. The highest BCUT2D eigenvalue weighted by molar-refractivity contribution is 7.89. The van der Waals surface area contributed by atoms with Crippen molar-refractivity contribution >= 4 is 21.6 Å². The van der Waals surface area contributed by atoms with Gasteiger partial charge in [0, 0.05) is 24.3 Å². The summed E-state index contributed by atoms with van der Waals surface area (Å²) in [5.41, 5.74) is 1.76. The molecule has 0 aromatic heterocycles. The number of aryl methyl sites for hydroxylation is 1. The molecule has 8 heteroatoms. The van der Waals surface area contributed by atoms with Crippen LogP contribution in [0.5, 0.6) is 0 Å². The molecule has 1 fully saturated rings. The third-order valence-corrected chi connectivity index (χ3v) is 6.31. The Balaban J connectivity index is 1.83. The zero-order valence-electron chi connectivity index (χ0n) is 14.9. The molecule has 0 spiro atoms. The number of carbonyl (C=O) groups excluding carboxylic acids is 1. The van der Waals surface area contributed by atoms with Crippen molar-refractivity contribution in [1.29, 1.82) is 0 Å². The van der Waals surface area contributed by atoms with E-state index in [1.807, 2.05) is 19.1 Å². The summed E-state index contributed by atoms with van der Waals surface area (Å²) in [5, 5.41) is 2.63. The van der Waals surface area contributed by atoms with Crippen molar-refractivity contribution in [3.05, 3.63) is 59.4 Å². The molecule has 0 aliphatic carbocycles. The highest BCUT2D eigenvalue weighted by atomic mass is 32.2. The van der Waals surface area contributed by atoms with Gasteiger partial charge in [0.15, 0.2) is 0 Å². The Kier molecular flexibility index (Phi) is 5.88. The number of nitrogens with one attached hydrogen (secondary N) is 1. The van der Waals surface area contributed by atoms with Crippen molar-refractivity contribution in [2.45, 2.75) is 18.2 Å². The van der Waals surface area contributed by atoms with Crippen LogP contribution in [0.25, 0.3) is 0 Å². The van der Waals surface area contributed by atoms with E-state index in [-0.39, 0.29) is 37.9 Å². The molecule has 1 N–H and O–H groups in total. The second-order valence-corrected chi connectivity index (χ2v) is 8.07. The maximum Gasteiger partial charge on any atom is 0.255 e. The SMILES string of the molecule is CCc1ccc(C(=O)Nc2ccc(F)c(S(=O)(=O)N3CCOCC3)c2)cc1. The second kappa shape index (κ2) is 8.16. The molecular weight excluding hydrogens is 371 g/mol. The van der Waals surface area contributed by atoms with Gasteiger partial charge in [0.05, 0.1) is 13.2 Å². The summed E-state index contributed by atoms with van der Waals surface area (Å²) in [6, 6.07) is 10.6. The summed E-state index contributed by atoms with van der Waals surface area (Å²) in [5.74, 6) is -1.24. The van der Waals surface area contributed by atoms with Gasteiger partial charge in [0.2, 0.25) is 10.0 Å². The van der Waals surface area contributed by atoms with Gasteiger partial charge in [-0.3, -0.25) is 4.79 Å². The summed E-state index contributed by atoms with van der Waals surface area (Å²) in [6.45, 7) is 2.89. The van der Waals surface area contributed by atoms with Crippen LogP contribution in [-0.4, -0.2) is 44.9 Å². The number of nitrogens with zero attached hydrogens (tertiary/aromatic N) is 1. The third kappa shape index (κ3) is 4.35. The molecule has 0 radical (unpaired) electrons. The predicted octanol–water partition coefficient (Wildman–Crippen LogP) is 2.66. The highest BCUT2D eigenvalue weighted by Gasteiger charge is 2.29. The van der Waals surface area contributed by atoms with Crippen LogP contribution in [0.3, 0.4) is 0 Å². The van der Waals surface area contributed by atoms with Crippen LogP contribution in [0.2, 0.25) is 0 Å². The Morgan fingerprint density at radius 3 is 2.44 bits per heavy atom.